The van der Waals surface area contributed by atoms with Crippen LogP contribution in [0.15, 0.2) is 42.5 Å². The third kappa shape index (κ3) is 6.46. The molecule has 1 aliphatic rings. The second-order valence-corrected chi connectivity index (χ2v) is 8.23. The van der Waals surface area contributed by atoms with Gasteiger partial charge in [-0.05, 0) is 55.0 Å². The summed E-state index contributed by atoms with van der Waals surface area (Å²) in [7, 11) is 1.37. The van der Waals surface area contributed by atoms with Gasteiger partial charge in [0, 0.05) is 24.9 Å². The van der Waals surface area contributed by atoms with Gasteiger partial charge in [-0.25, -0.2) is 4.39 Å². The molecular weight excluding hydrogens is 440 g/mol. The Balaban J connectivity index is 1.57. The number of halogens is 4. The molecule has 1 fully saturated rings. The standard InChI is InChI=1S/C24H26F4N2O3/c1-33-20-14-16(6-7-19(20)25)15-23(12-9-22(32)30-23)11-8-21(31)29-13-10-17-4-2-3-5-18(17)24(26,27)28/h2-7,14H,8-13,15H2,1H3,(H,29,31)(H,30,32)/t23-/m0/s1. The number of methoxy groups -OCH3 is 1. The Labute approximate surface area is 189 Å². The summed E-state index contributed by atoms with van der Waals surface area (Å²) < 4.78 is 58.0. The van der Waals surface area contributed by atoms with E-state index in [4.69, 9.17) is 4.74 Å². The van der Waals surface area contributed by atoms with Crippen LogP contribution in [0.2, 0.25) is 0 Å². The molecule has 0 saturated carbocycles. The van der Waals surface area contributed by atoms with Gasteiger partial charge in [-0.15, -0.1) is 0 Å². The van der Waals surface area contributed by atoms with E-state index in [1.165, 1.54) is 31.4 Å². The number of ether oxygens (including phenoxy) is 1. The van der Waals surface area contributed by atoms with Crippen LogP contribution >= 0.6 is 0 Å². The minimum atomic E-state index is -4.45. The number of amides is 2. The molecule has 0 spiro atoms. The molecule has 0 bridgehead atoms. The van der Waals surface area contributed by atoms with Crippen molar-refractivity contribution in [1.82, 2.24) is 10.6 Å². The highest BCUT2D eigenvalue weighted by atomic mass is 19.4. The molecule has 1 aliphatic heterocycles. The van der Waals surface area contributed by atoms with Gasteiger partial charge < -0.3 is 15.4 Å². The molecule has 1 saturated heterocycles. The molecule has 33 heavy (non-hydrogen) atoms. The van der Waals surface area contributed by atoms with E-state index >= 15 is 0 Å². The minimum absolute atomic E-state index is 0.0542. The summed E-state index contributed by atoms with van der Waals surface area (Å²) in [5, 5.41) is 5.61. The van der Waals surface area contributed by atoms with Crippen LogP contribution in [0.5, 0.6) is 5.75 Å². The molecule has 2 aromatic carbocycles. The van der Waals surface area contributed by atoms with Crippen molar-refractivity contribution in [1.29, 1.82) is 0 Å². The van der Waals surface area contributed by atoms with Crippen molar-refractivity contribution < 1.29 is 31.9 Å². The largest absolute Gasteiger partial charge is 0.494 e. The number of nitrogens with one attached hydrogen (secondary N) is 2. The SMILES string of the molecule is COc1cc(C[C@]2(CCC(=O)NCCc3ccccc3C(F)(F)F)CCC(=O)N2)ccc1F. The highest BCUT2D eigenvalue weighted by Crippen LogP contribution is 2.32. The molecule has 2 amide bonds. The highest BCUT2D eigenvalue weighted by molar-refractivity contribution is 5.80. The number of alkyl halides is 3. The van der Waals surface area contributed by atoms with Gasteiger partial charge in [0.2, 0.25) is 11.8 Å². The lowest BCUT2D eigenvalue weighted by molar-refractivity contribution is -0.138. The quantitative estimate of drug-likeness (QED) is 0.545. The van der Waals surface area contributed by atoms with Gasteiger partial charge in [0.1, 0.15) is 0 Å². The Hall–Kier alpha value is -3.10. The average molecular weight is 466 g/mol. The van der Waals surface area contributed by atoms with Crippen LogP contribution in [0.1, 0.15) is 42.4 Å². The third-order valence-corrected chi connectivity index (χ3v) is 5.86. The van der Waals surface area contributed by atoms with E-state index in [-0.39, 0.29) is 42.5 Å². The predicted octanol–water partition coefficient (Wildman–Crippen LogP) is 4.18. The van der Waals surface area contributed by atoms with Crippen molar-refractivity contribution in [2.45, 2.75) is 50.2 Å². The maximum Gasteiger partial charge on any atom is 0.416 e. The lowest BCUT2D eigenvalue weighted by Crippen LogP contribution is -2.44. The number of carbonyl (C=O) groups is 2. The number of rotatable bonds is 9. The van der Waals surface area contributed by atoms with Gasteiger partial charge in [-0.2, -0.15) is 13.2 Å². The van der Waals surface area contributed by atoms with E-state index in [9.17, 15) is 27.2 Å². The highest BCUT2D eigenvalue weighted by Gasteiger charge is 2.38. The van der Waals surface area contributed by atoms with Crippen LogP contribution in [-0.4, -0.2) is 31.0 Å². The van der Waals surface area contributed by atoms with Crippen LogP contribution in [0.4, 0.5) is 17.6 Å². The molecule has 1 heterocycles. The van der Waals surface area contributed by atoms with Crippen LogP contribution in [-0.2, 0) is 28.6 Å². The van der Waals surface area contributed by atoms with Crippen molar-refractivity contribution in [3.8, 4) is 5.75 Å². The van der Waals surface area contributed by atoms with Gasteiger partial charge in [0.05, 0.1) is 12.7 Å². The van der Waals surface area contributed by atoms with Gasteiger partial charge in [0.25, 0.3) is 0 Å². The van der Waals surface area contributed by atoms with E-state index in [1.54, 1.807) is 12.1 Å². The zero-order valence-electron chi connectivity index (χ0n) is 18.2. The molecule has 0 aliphatic carbocycles. The molecule has 0 radical (unpaired) electrons. The molecule has 2 N–H and O–H groups in total. The molecular formula is C24H26F4N2O3. The number of carbonyl (C=O) groups excluding carboxylic acids is 2. The Bertz CT molecular complexity index is 1010. The number of benzene rings is 2. The summed E-state index contributed by atoms with van der Waals surface area (Å²) in [6.07, 6.45) is -2.69. The average Bonchev–Trinajstić information content (AvgIpc) is 3.14. The summed E-state index contributed by atoms with van der Waals surface area (Å²) in [6.45, 7) is 0.0699. The molecule has 1 atom stereocenters. The fourth-order valence-electron chi connectivity index (χ4n) is 4.18. The summed E-state index contributed by atoms with van der Waals surface area (Å²) >= 11 is 0. The molecule has 0 unspecified atom stereocenters. The van der Waals surface area contributed by atoms with E-state index in [0.29, 0.717) is 25.7 Å². The summed E-state index contributed by atoms with van der Waals surface area (Å²) in [4.78, 5) is 24.3. The van der Waals surface area contributed by atoms with Crippen LogP contribution in [0.25, 0.3) is 0 Å². The molecule has 9 heteroatoms. The fourth-order valence-corrected chi connectivity index (χ4v) is 4.18. The molecule has 178 valence electrons. The topological polar surface area (TPSA) is 67.4 Å². The predicted molar refractivity (Wildman–Crippen MR) is 114 cm³/mol. The normalized spacial score (nSPS) is 18.2. The summed E-state index contributed by atoms with van der Waals surface area (Å²) in [5.41, 5.74) is -0.476. The first-order valence-electron chi connectivity index (χ1n) is 10.7. The second kappa shape index (κ2) is 10.2. The van der Waals surface area contributed by atoms with Gasteiger partial charge >= 0.3 is 6.18 Å². The van der Waals surface area contributed by atoms with Gasteiger partial charge in [-0.1, -0.05) is 24.3 Å². The van der Waals surface area contributed by atoms with Crippen molar-refractivity contribution in [3.05, 3.63) is 65.0 Å². The Kier molecular flexibility index (Phi) is 7.61. The van der Waals surface area contributed by atoms with Crippen LogP contribution < -0.4 is 15.4 Å². The van der Waals surface area contributed by atoms with E-state index < -0.39 is 23.1 Å². The fraction of sp³-hybridized carbons (Fsp3) is 0.417. The lowest BCUT2D eigenvalue weighted by atomic mass is 9.85. The van der Waals surface area contributed by atoms with Crippen molar-refractivity contribution in [2.75, 3.05) is 13.7 Å². The van der Waals surface area contributed by atoms with E-state index in [1.807, 2.05) is 0 Å². The first-order chi connectivity index (χ1) is 15.6. The van der Waals surface area contributed by atoms with Crippen molar-refractivity contribution in [2.24, 2.45) is 0 Å². The third-order valence-electron chi connectivity index (χ3n) is 5.86. The Morgan fingerprint density at radius 2 is 1.97 bits per heavy atom. The molecule has 3 rings (SSSR count). The van der Waals surface area contributed by atoms with Gasteiger partial charge in [-0.3, -0.25) is 9.59 Å². The van der Waals surface area contributed by atoms with E-state index in [0.717, 1.165) is 11.6 Å². The maximum atomic E-state index is 13.7. The monoisotopic (exact) mass is 466 g/mol. The maximum absolute atomic E-state index is 13.7. The Morgan fingerprint density at radius 1 is 1.21 bits per heavy atom. The molecule has 2 aromatic rings. The smallest absolute Gasteiger partial charge is 0.416 e. The Morgan fingerprint density at radius 3 is 2.64 bits per heavy atom. The number of hydrogen-bond acceptors (Lipinski definition) is 3. The van der Waals surface area contributed by atoms with Crippen molar-refractivity contribution in [3.63, 3.8) is 0 Å². The molecule has 0 aromatic heterocycles. The zero-order chi connectivity index (χ0) is 24.1. The first-order valence-corrected chi connectivity index (χ1v) is 10.7. The van der Waals surface area contributed by atoms with Crippen molar-refractivity contribution >= 4 is 11.8 Å². The lowest BCUT2D eigenvalue weighted by Gasteiger charge is -2.29. The van der Waals surface area contributed by atoms with Crippen LogP contribution in [0, 0.1) is 5.82 Å². The first kappa shape index (κ1) is 24.5. The number of hydrogen-bond donors (Lipinski definition) is 2. The zero-order valence-corrected chi connectivity index (χ0v) is 18.2. The van der Waals surface area contributed by atoms with Crippen LogP contribution in [0.3, 0.4) is 0 Å². The van der Waals surface area contributed by atoms with Gasteiger partial charge in [0.15, 0.2) is 11.6 Å². The summed E-state index contributed by atoms with van der Waals surface area (Å²) in [5.74, 6) is -0.814. The summed E-state index contributed by atoms with van der Waals surface area (Å²) in [6, 6.07) is 9.76. The minimum Gasteiger partial charge on any atom is -0.494 e. The molecule has 5 nitrogen and oxygen atoms in total. The van der Waals surface area contributed by atoms with E-state index in [2.05, 4.69) is 10.6 Å². The second-order valence-electron chi connectivity index (χ2n) is 8.23.